The van der Waals surface area contributed by atoms with Crippen LogP contribution in [0.3, 0.4) is 0 Å². The second-order valence-electron chi connectivity index (χ2n) is 6.64. The summed E-state index contributed by atoms with van der Waals surface area (Å²) in [6.45, 7) is 4.21. The molecule has 2 heterocycles. The van der Waals surface area contributed by atoms with Gasteiger partial charge in [-0.15, -0.1) is 0 Å². The molecule has 1 aromatic heterocycles. The van der Waals surface area contributed by atoms with Gasteiger partial charge in [0.05, 0.1) is 16.1 Å². The SMILES string of the molecule is CC(=O)N1CCN(c2cn(S(=O)(=O)c3ccccc3)c3ccccc23)CC1. The second kappa shape index (κ2) is 6.74. The molecule has 0 bridgehead atoms. The highest BCUT2D eigenvalue weighted by atomic mass is 32.2. The van der Waals surface area contributed by atoms with Crippen LogP contribution in [-0.4, -0.2) is 49.4 Å². The lowest BCUT2D eigenvalue weighted by Gasteiger charge is -2.35. The Morgan fingerprint density at radius 2 is 1.52 bits per heavy atom. The molecule has 1 aliphatic rings. The Hall–Kier alpha value is -2.80. The molecule has 0 spiro atoms. The van der Waals surface area contributed by atoms with Gasteiger partial charge in [-0.25, -0.2) is 12.4 Å². The molecule has 3 aromatic rings. The summed E-state index contributed by atoms with van der Waals surface area (Å²) < 4.78 is 27.7. The van der Waals surface area contributed by atoms with E-state index in [-0.39, 0.29) is 10.8 Å². The lowest BCUT2D eigenvalue weighted by atomic mass is 10.2. The maximum Gasteiger partial charge on any atom is 0.268 e. The quantitative estimate of drug-likeness (QED) is 0.697. The van der Waals surface area contributed by atoms with Crippen molar-refractivity contribution in [3.05, 3.63) is 60.8 Å². The van der Waals surface area contributed by atoms with Crippen molar-refractivity contribution < 1.29 is 13.2 Å². The van der Waals surface area contributed by atoms with Crippen LogP contribution in [0.1, 0.15) is 6.92 Å². The van der Waals surface area contributed by atoms with E-state index in [0.29, 0.717) is 31.7 Å². The van der Waals surface area contributed by atoms with E-state index in [2.05, 4.69) is 4.90 Å². The molecule has 2 aromatic carbocycles. The van der Waals surface area contributed by atoms with Crippen molar-refractivity contribution >= 4 is 32.5 Å². The van der Waals surface area contributed by atoms with Crippen molar-refractivity contribution in [1.82, 2.24) is 8.87 Å². The number of para-hydroxylation sites is 1. The summed E-state index contributed by atoms with van der Waals surface area (Å²) >= 11 is 0. The van der Waals surface area contributed by atoms with Gasteiger partial charge in [0.2, 0.25) is 5.91 Å². The highest BCUT2D eigenvalue weighted by Gasteiger charge is 2.25. The molecule has 0 saturated carbocycles. The zero-order valence-electron chi connectivity index (χ0n) is 15.1. The van der Waals surface area contributed by atoms with Crippen molar-refractivity contribution in [3.8, 4) is 0 Å². The number of carbonyl (C=O) groups excluding carboxylic acids is 1. The van der Waals surface area contributed by atoms with Gasteiger partial charge in [0.15, 0.2) is 0 Å². The van der Waals surface area contributed by atoms with E-state index in [9.17, 15) is 13.2 Å². The molecule has 0 N–H and O–H groups in total. The molecule has 0 unspecified atom stereocenters. The Balaban J connectivity index is 1.78. The first-order chi connectivity index (χ1) is 13.0. The van der Waals surface area contributed by atoms with E-state index in [0.717, 1.165) is 11.1 Å². The number of nitrogens with zero attached hydrogens (tertiary/aromatic N) is 3. The third kappa shape index (κ3) is 3.08. The maximum absolute atomic E-state index is 13.2. The van der Waals surface area contributed by atoms with Crippen LogP contribution in [0.15, 0.2) is 65.7 Å². The molecule has 0 radical (unpaired) electrons. The Bertz CT molecular complexity index is 1080. The Kier molecular flexibility index (Phi) is 4.39. The monoisotopic (exact) mass is 383 g/mol. The van der Waals surface area contributed by atoms with Crippen molar-refractivity contribution in [2.24, 2.45) is 0 Å². The number of anilines is 1. The molecule has 7 heteroatoms. The van der Waals surface area contributed by atoms with Crippen LogP contribution in [-0.2, 0) is 14.8 Å². The minimum atomic E-state index is -3.68. The summed E-state index contributed by atoms with van der Waals surface area (Å²) in [6, 6.07) is 16.0. The van der Waals surface area contributed by atoms with E-state index >= 15 is 0 Å². The molecular formula is C20H21N3O3S. The van der Waals surface area contributed by atoms with Crippen LogP contribution in [0.25, 0.3) is 10.9 Å². The number of hydrogen-bond donors (Lipinski definition) is 0. The van der Waals surface area contributed by atoms with E-state index in [1.165, 1.54) is 3.97 Å². The summed E-state index contributed by atoms with van der Waals surface area (Å²) in [7, 11) is -3.68. The summed E-state index contributed by atoms with van der Waals surface area (Å²) in [5.74, 6) is 0.0729. The smallest absolute Gasteiger partial charge is 0.268 e. The summed E-state index contributed by atoms with van der Waals surface area (Å²) in [5, 5.41) is 0.897. The minimum absolute atomic E-state index is 0.0729. The van der Waals surface area contributed by atoms with Crippen LogP contribution >= 0.6 is 0 Å². The number of fused-ring (bicyclic) bond motifs is 1. The molecule has 0 aliphatic carbocycles. The Morgan fingerprint density at radius 3 is 2.19 bits per heavy atom. The molecule has 0 atom stereocenters. The first-order valence-corrected chi connectivity index (χ1v) is 10.3. The van der Waals surface area contributed by atoms with Gasteiger partial charge in [-0.3, -0.25) is 4.79 Å². The summed E-state index contributed by atoms with van der Waals surface area (Å²) in [4.78, 5) is 15.8. The lowest BCUT2D eigenvalue weighted by Crippen LogP contribution is -2.48. The average Bonchev–Trinajstić information content (AvgIpc) is 3.09. The van der Waals surface area contributed by atoms with Crippen LogP contribution < -0.4 is 4.90 Å². The predicted octanol–water partition coefficient (Wildman–Crippen LogP) is 2.55. The minimum Gasteiger partial charge on any atom is -0.366 e. The topological polar surface area (TPSA) is 62.6 Å². The number of rotatable bonds is 3. The summed E-state index contributed by atoms with van der Waals surface area (Å²) in [5.41, 5.74) is 1.54. The van der Waals surface area contributed by atoms with Gasteiger partial charge >= 0.3 is 0 Å². The van der Waals surface area contributed by atoms with Crippen LogP contribution in [0.2, 0.25) is 0 Å². The number of carbonyl (C=O) groups is 1. The Morgan fingerprint density at radius 1 is 0.889 bits per heavy atom. The Labute approximate surface area is 158 Å². The first-order valence-electron chi connectivity index (χ1n) is 8.89. The average molecular weight is 383 g/mol. The molecule has 1 amide bonds. The summed E-state index contributed by atoms with van der Waals surface area (Å²) in [6.07, 6.45) is 1.70. The van der Waals surface area contributed by atoms with Gasteiger partial charge < -0.3 is 9.80 Å². The first kappa shape index (κ1) is 17.6. The predicted molar refractivity (Wildman–Crippen MR) is 105 cm³/mol. The fourth-order valence-electron chi connectivity index (χ4n) is 3.55. The van der Waals surface area contributed by atoms with Crippen molar-refractivity contribution in [3.63, 3.8) is 0 Å². The number of hydrogen-bond acceptors (Lipinski definition) is 4. The van der Waals surface area contributed by atoms with Crippen LogP contribution in [0, 0.1) is 0 Å². The third-order valence-corrected chi connectivity index (χ3v) is 6.71. The molecular weight excluding hydrogens is 362 g/mol. The van der Waals surface area contributed by atoms with Crippen molar-refractivity contribution in [1.29, 1.82) is 0 Å². The normalized spacial score (nSPS) is 15.3. The maximum atomic E-state index is 13.2. The second-order valence-corrected chi connectivity index (χ2v) is 8.45. The van der Waals surface area contributed by atoms with E-state index in [1.54, 1.807) is 43.5 Å². The third-order valence-electron chi connectivity index (χ3n) is 5.02. The van der Waals surface area contributed by atoms with Crippen molar-refractivity contribution in [2.45, 2.75) is 11.8 Å². The van der Waals surface area contributed by atoms with Crippen LogP contribution in [0.5, 0.6) is 0 Å². The number of piperazine rings is 1. The number of benzene rings is 2. The van der Waals surface area contributed by atoms with Gasteiger partial charge in [0.25, 0.3) is 10.0 Å². The van der Waals surface area contributed by atoms with Crippen molar-refractivity contribution in [2.75, 3.05) is 31.1 Å². The molecule has 6 nitrogen and oxygen atoms in total. The fourth-order valence-corrected chi connectivity index (χ4v) is 4.94. The van der Waals surface area contributed by atoms with Crippen LogP contribution in [0.4, 0.5) is 5.69 Å². The highest BCUT2D eigenvalue weighted by Crippen LogP contribution is 2.32. The zero-order valence-corrected chi connectivity index (χ0v) is 15.9. The van der Waals surface area contributed by atoms with Gasteiger partial charge in [-0.05, 0) is 18.2 Å². The lowest BCUT2D eigenvalue weighted by molar-refractivity contribution is -0.129. The molecule has 27 heavy (non-hydrogen) atoms. The molecule has 1 aliphatic heterocycles. The zero-order chi connectivity index (χ0) is 19.0. The van der Waals surface area contributed by atoms with Gasteiger partial charge in [0, 0.05) is 44.7 Å². The van der Waals surface area contributed by atoms with Gasteiger partial charge in [-0.2, -0.15) is 0 Å². The number of aromatic nitrogens is 1. The van der Waals surface area contributed by atoms with E-state index < -0.39 is 10.0 Å². The standard InChI is InChI=1S/C20H21N3O3S/c1-16(24)21-11-13-22(14-12-21)20-15-23(19-10-6-5-9-18(19)20)27(25,26)17-7-3-2-4-8-17/h2-10,15H,11-14H2,1H3. The van der Waals surface area contributed by atoms with E-state index in [4.69, 9.17) is 0 Å². The molecule has 4 rings (SSSR count). The molecule has 1 fully saturated rings. The fraction of sp³-hybridized carbons (Fsp3) is 0.250. The van der Waals surface area contributed by atoms with E-state index in [1.807, 2.05) is 29.2 Å². The largest absolute Gasteiger partial charge is 0.366 e. The molecule has 140 valence electrons. The highest BCUT2D eigenvalue weighted by molar-refractivity contribution is 7.90. The van der Waals surface area contributed by atoms with Gasteiger partial charge in [-0.1, -0.05) is 36.4 Å². The molecule has 1 saturated heterocycles. The number of amides is 1. The van der Waals surface area contributed by atoms with Gasteiger partial charge in [0.1, 0.15) is 0 Å².